The van der Waals surface area contributed by atoms with Gasteiger partial charge in [0, 0.05) is 30.2 Å². The van der Waals surface area contributed by atoms with E-state index in [-0.39, 0.29) is 11.7 Å². The number of aryl methyl sites for hydroxylation is 1. The SMILES string of the molecule is COC(=O)N(C)c1ccc(NC(=O)c2cn(-c3ccc(F)cc3)nc2-c2ccc(C)cc2)cc1. The van der Waals surface area contributed by atoms with E-state index in [9.17, 15) is 14.0 Å². The van der Waals surface area contributed by atoms with Gasteiger partial charge in [-0.3, -0.25) is 9.69 Å². The van der Waals surface area contributed by atoms with Crippen molar-refractivity contribution in [3.05, 3.63) is 95.9 Å². The minimum atomic E-state index is -0.493. The highest BCUT2D eigenvalue weighted by Crippen LogP contribution is 2.26. The highest BCUT2D eigenvalue weighted by Gasteiger charge is 2.19. The number of ether oxygens (including phenoxy) is 1. The van der Waals surface area contributed by atoms with Crippen molar-refractivity contribution in [2.24, 2.45) is 0 Å². The van der Waals surface area contributed by atoms with Crippen LogP contribution in [-0.4, -0.2) is 35.9 Å². The van der Waals surface area contributed by atoms with Crippen molar-refractivity contribution >= 4 is 23.4 Å². The molecule has 0 aliphatic carbocycles. The summed E-state index contributed by atoms with van der Waals surface area (Å²) in [7, 11) is 2.91. The number of aromatic nitrogens is 2. The molecule has 34 heavy (non-hydrogen) atoms. The number of nitrogens with zero attached hydrogens (tertiary/aromatic N) is 3. The summed E-state index contributed by atoms with van der Waals surface area (Å²) in [5.41, 5.74) is 4.54. The molecule has 4 aromatic rings. The zero-order chi connectivity index (χ0) is 24.2. The summed E-state index contributed by atoms with van der Waals surface area (Å²) in [5, 5.41) is 7.49. The van der Waals surface area contributed by atoms with E-state index in [0.717, 1.165) is 11.1 Å². The third-order valence-electron chi connectivity index (χ3n) is 5.34. The average molecular weight is 458 g/mol. The van der Waals surface area contributed by atoms with Crippen molar-refractivity contribution in [1.82, 2.24) is 9.78 Å². The number of halogens is 1. The minimum absolute atomic E-state index is 0.349. The Labute approximate surface area is 196 Å². The van der Waals surface area contributed by atoms with Gasteiger partial charge < -0.3 is 10.1 Å². The van der Waals surface area contributed by atoms with Crippen LogP contribution in [0.25, 0.3) is 16.9 Å². The lowest BCUT2D eigenvalue weighted by Gasteiger charge is -2.16. The molecule has 1 N–H and O–H groups in total. The Balaban J connectivity index is 1.65. The van der Waals surface area contributed by atoms with E-state index in [1.54, 1.807) is 54.3 Å². The number of amides is 2. The van der Waals surface area contributed by atoms with Gasteiger partial charge in [0.1, 0.15) is 11.5 Å². The lowest BCUT2D eigenvalue weighted by atomic mass is 10.1. The molecule has 0 saturated carbocycles. The number of carbonyl (C=O) groups excluding carboxylic acids is 2. The topological polar surface area (TPSA) is 76.5 Å². The molecule has 0 atom stereocenters. The molecule has 2 amide bonds. The lowest BCUT2D eigenvalue weighted by molar-refractivity contribution is 0.102. The fourth-order valence-electron chi connectivity index (χ4n) is 3.40. The number of methoxy groups -OCH3 is 1. The molecule has 4 rings (SSSR count). The van der Waals surface area contributed by atoms with Crippen molar-refractivity contribution < 1.29 is 18.7 Å². The Hall–Kier alpha value is -4.46. The van der Waals surface area contributed by atoms with Crippen molar-refractivity contribution in [1.29, 1.82) is 0 Å². The molecule has 0 aliphatic rings. The van der Waals surface area contributed by atoms with Gasteiger partial charge in [0.25, 0.3) is 5.91 Å². The standard InChI is InChI=1S/C26H23FN4O3/c1-17-4-6-18(7-5-17)24-23(16-31(29-24)22-12-8-19(27)9-13-22)25(32)28-20-10-14-21(15-11-20)30(2)26(33)34-3/h4-16H,1-3H3,(H,28,32). The molecule has 0 radical (unpaired) electrons. The molecule has 7 nitrogen and oxygen atoms in total. The van der Waals surface area contributed by atoms with E-state index in [1.165, 1.54) is 24.1 Å². The van der Waals surface area contributed by atoms with Crippen LogP contribution in [0.2, 0.25) is 0 Å². The maximum Gasteiger partial charge on any atom is 0.413 e. The molecule has 172 valence electrons. The van der Waals surface area contributed by atoms with Gasteiger partial charge in [-0.05, 0) is 55.5 Å². The lowest BCUT2D eigenvalue weighted by Crippen LogP contribution is -2.25. The highest BCUT2D eigenvalue weighted by atomic mass is 19.1. The van der Waals surface area contributed by atoms with Gasteiger partial charge in [0.2, 0.25) is 0 Å². The summed E-state index contributed by atoms with van der Waals surface area (Å²) < 4.78 is 19.6. The number of benzene rings is 3. The van der Waals surface area contributed by atoms with Gasteiger partial charge in [-0.25, -0.2) is 13.9 Å². The molecule has 0 bridgehead atoms. The molecule has 1 heterocycles. The van der Waals surface area contributed by atoms with E-state index in [4.69, 9.17) is 4.74 Å². The largest absolute Gasteiger partial charge is 0.452 e. The van der Waals surface area contributed by atoms with Crippen LogP contribution in [0, 0.1) is 12.7 Å². The van der Waals surface area contributed by atoms with Crippen LogP contribution < -0.4 is 10.2 Å². The average Bonchev–Trinajstić information content (AvgIpc) is 3.30. The maximum absolute atomic E-state index is 13.4. The fraction of sp³-hybridized carbons (Fsp3) is 0.115. The fourth-order valence-corrected chi connectivity index (χ4v) is 3.40. The smallest absolute Gasteiger partial charge is 0.413 e. The number of nitrogens with one attached hydrogen (secondary N) is 1. The Morgan fingerprint density at radius 3 is 2.24 bits per heavy atom. The summed E-state index contributed by atoms with van der Waals surface area (Å²) in [6, 6.07) is 20.4. The summed E-state index contributed by atoms with van der Waals surface area (Å²) in [5.74, 6) is -0.702. The van der Waals surface area contributed by atoms with Gasteiger partial charge in [-0.1, -0.05) is 29.8 Å². The first-order chi connectivity index (χ1) is 16.4. The molecule has 0 saturated heterocycles. The zero-order valence-electron chi connectivity index (χ0n) is 18.9. The number of hydrogen-bond donors (Lipinski definition) is 1. The van der Waals surface area contributed by atoms with Gasteiger partial charge >= 0.3 is 6.09 Å². The molecule has 0 spiro atoms. The molecule has 3 aromatic carbocycles. The van der Waals surface area contributed by atoms with Crippen LogP contribution in [0.4, 0.5) is 20.6 Å². The monoisotopic (exact) mass is 458 g/mol. The summed E-state index contributed by atoms with van der Waals surface area (Å²) >= 11 is 0. The Kier molecular flexibility index (Phi) is 6.40. The Bertz CT molecular complexity index is 1310. The van der Waals surface area contributed by atoms with Crippen LogP contribution in [-0.2, 0) is 4.74 Å². The Morgan fingerprint density at radius 1 is 0.971 bits per heavy atom. The molecular weight excluding hydrogens is 435 g/mol. The second-order valence-electron chi connectivity index (χ2n) is 7.71. The Morgan fingerprint density at radius 2 is 1.62 bits per heavy atom. The summed E-state index contributed by atoms with van der Waals surface area (Å²) in [6.07, 6.45) is 1.13. The van der Waals surface area contributed by atoms with Crippen molar-refractivity contribution in [3.8, 4) is 16.9 Å². The minimum Gasteiger partial charge on any atom is -0.452 e. The molecule has 0 fully saturated rings. The second-order valence-corrected chi connectivity index (χ2v) is 7.71. The van der Waals surface area contributed by atoms with E-state index in [0.29, 0.717) is 28.3 Å². The van der Waals surface area contributed by atoms with Crippen molar-refractivity contribution in [3.63, 3.8) is 0 Å². The third-order valence-corrected chi connectivity index (χ3v) is 5.34. The second kappa shape index (κ2) is 9.58. The molecular formula is C26H23FN4O3. The van der Waals surface area contributed by atoms with E-state index in [1.807, 2.05) is 31.2 Å². The van der Waals surface area contributed by atoms with Crippen molar-refractivity contribution in [2.75, 3.05) is 24.4 Å². The number of rotatable bonds is 5. The number of anilines is 2. The van der Waals surface area contributed by atoms with Crippen LogP contribution in [0.1, 0.15) is 15.9 Å². The van der Waals surface area contributed by atoms with Crippen molar-refractivity contribution in [2.45, 2.75) is 6.92 Å². The van der Waals surface area contributed by atoms with Gasteiger partial charge in [-0.2, -0.15) is 5.10 Å². The van der Waals surface area contributed by atoms with E-state index < -0.39 is 6.09 Å². The maximum atomic E-state index is 13.4. The molecule has 8 heteroatoms. The number of hydrogen-bond acceptors (Lipinski definition) is 4. The van der Waals surface area contributed by atoms with Gasteiger partial charge in [0.15, 0.2) is 0 Å². The predicted molar refractivity (Wildman–Crippen MR) is 129 cm³/mol. The predicted octanol–water partition coefficient (Wildman–Crippen LogP) is 5.44. The molecule has 1 aromatic heterocycles. The van der Waals surface area contributed by atoms with Crippen LogP contribution >= 0.6 is 0 Å². The van der Waals surface area contributed by atoms with Crippen LogP contribution in [0.5, 0.6) is 0 Å². The molecule has 0 unspecified atom stereocenters. The first-order valence-corrected chi connectivity index (χ1v) is 10.5. The summed E-state index contributed by atoms with van der Waals surface area (Å²) in [6.45, 7) is 1.98. The van der Waals surface area contributed by atoms with E-state index >= 15 is 0 Å². The quantitative estimate of drug-likeness (QED) is 0.432. The molecule has 0 aliphatic heterocycles. The van der Waals surface area contributed by atoms with Crippen LogP contribution in [0.15, 0.2) is 79.0 Å². The zero-order valence-corrected chi connectivity index (χ0v) is 18.9. The van der Waals surface area contributed by atoms with Crippen LogP contribution in [0.3, 0.4) is 0 Å². The van der Waals surface area contributed by atoms with E-state index in [2.05, 4.69) is 10.4 Å². The number of carbonyl (C=O) groups is 2. The first kappa shape index (κ1) is 22.7. The third kappa shape index (κ3) is 4.80. The van der Waals surface area contributed by atoms with Gasteiger partial charge in [-0.15, -0.1) is 0 Å². The first-order valence-electron chi connectivity index (χ1n) is 10.5. The highest BCUT2D eigenvalue weighted by molar-refractivity contribution is 6.08. The summed E-state index contributed by atoms with van der Waals surface area (Å²) in [4.78, 5) is 26.3. The normalized spacial score (nSPS) is 10.6. The van der Waals surface area contributed by atoms with Gasteiger partial charge in [0.05, 0.1) is 18.4 Å².